The SMILES string of the molecule is COCC(C)NC(N)=NCc1ccc(Cl)nc1.I. The van der Waals surface area contributed by atoms with Gasteiger partial charge in [-0.25, -0.2) is 9.98 Å². The zero-order valence-corrected chi connectivity index (χ0v) is 13.5. The van der Waals surface area contributed by atoms with E-state index in [1.807, 2.05) is 13.0 Å². The molecule has 0 aliphatic heterocycles. The quantitative estimate of drug-likeness (QED) is 0.351. The second-order valence-electron chi connectivity index (χ2n) is 3.69. The van der Waals surface area contributed by atoms with Crippen LogP contribution < -0.4 is 11.1 Å². The van der Waals surface area contributed by atoms with E-state index in [0.29, 0.717) is 24.3 Å². The van der Waals surface area contributed by atoms with Crippen molar-refractivity contribution in [3.63, 3.8) is 0 Å². The molecule has 0 aromatic carbocycles. The van der Waals surface area contributed by atoms with E-state index in [0.717, 1.165) is 5.56 Å². The Morgan fingerprint density at radius 2 is 2.33 bits per heavy atom. The van der Waals surface area contributed by atoms with Gasteiger partial charge in [-0.3, -0.25) is 0 Å². The van der Waals surface area contributed by atoms with Gasteiger partial charge in [-0.05, 0) is 18.6 Å². The topological polar surface area (TPSA) is 72.5 Å². The third kappa shape index (κ3) is 6.97. The summed E-state index contributed by atoms with van der Waals surface area (Å²) in [5.74, 6) is 0.393. The molecule has 0 aliphatic rings. The van der Waals surface area contributed by atoms with Crippen LogP contribution in [-0.2, 0) is 11.3 Å². The molecule has 0 amide bonds. The van der Waals surface area contributed by atoms with Gasteiger partial charge < -0.3 is 15.8 Å². The van der Waals surface area contributed by atoms with E-state index in [2.05, 4.69) is 15.3 Å². The van der Waals surface area contributed by atoms with Gasteiger partial charge in [-0.15, -0.1) is 24.0 Å². The van der Waals surface area contributed by atoms with Crippen LogP contribution in [0.3, 0.4) is 0 Å². The number of hydrogen-bond donors (Lipinski definition) is 2. The van der Waals surface area contributed by atoms with E-state index < -0.39 is 0 Å². The fourth-order valence-electron chi connectivity index (χ4n) is 1.27. The second kappa shape index (κ2) is 9.35. The Balaban J connectivity index is 0.00000289. The molecule has 1 aromatic rings. The number of guanidine groups is 1. The molecule has 5 nitrogen and oxygen atoms in total. The lowest BCUT2D eigenvalue weighted by atomic mass is 10.3. The highest BCUT2D eigenvalue weighted by atomic mass is 127. The van der Waals surface area contributed by atoms with E-state index in [-0.39, 0.29) is 30.0 Å². The van der Waals surface area contributed by atoms with Crippen LogP contribution in [0.4, 0.5) is 0 Å². The molecule has 18 heavy (non-hydrogen) atoms. The van der Waals surface area contributed by atoms with E-state index >= 15 is 0 Å². The molecule has 7 heteroatoms. The van der Waals surface area contributed by atoms with Crippen LogP contribution in [0, 0.1) is 0 Å². The number of aliphatic imine (C=N–C) groups is 1. The number of halogens is 2. The van der Waals surface area contributed by atoms with Gasteiger partial charge in [0, 0.05) is 19.3 Å². The Morgan fingerprint density at radius 1 is 1.61 bits per heavy atom. The highest BCUT2D eigenvalue weighted by Gasteiger charge is 2.01. The van der Waals surface area contributed by atoms with Crippen molar-refractivity contribution in [1.29, 1.82) is 0 Å². The Bertz CT molecular complexity index is 372. The van der Waals surface area contributed by atoms with Gasteiger partial charge in [0.25, 0.3) is 0 Å². The summed E-state index contributed by atoms with van der Waals surface area (Å²) in [7, 11) is 1.64. The lowest BCUT2D eigenvalue weighted by molar-refractivity contribution is 0.179. The minimum Gasteiger partial charge on any atom is -0.383 e. The maximum atomic E-state index is 5.72. The van der Waals surface area contributed by atoms with Crippen molar-refractivity contribution >= 4 is 41.5 Å². The number of nitrogens with one attached hydrogen (secondary N) is 1. The summed E-state index contributed by atoms with van der Waals surface area (Å²) < 4.78 is 4.98. The van der Waals surface area contributed by atoms with Gasteiger partial charge in [-0.2, -0.15) is 0 Å². The first-order valence-electron chi connectivity index (χ1n) is 5.27. The molecule has 102 valence electrons. The molecule has 3 N–H and O–H groups in total. The van der Waals surface area contributed by atoms with Crippen molar-refractivity contribution < 1.29 is 4.74 Å². The van der Waals surface area contributed by atoms with Gasteiger partial charge in [0.2, 0.25) is 0 Å². The van der Waals surface area contributed by atoms with Crippen LogP contribution in [0.15, 0.2) is 23.3 Å². The van der Waals surface area contributed by atoms with Crippen molar-refractivity contribution in [3.05, 3.63) is 29.0 Å². The molecule has 1 aromatic heterocycles. The van der Waals surface area contributed by atoms with E-state index in [9.17, 15) is 0 Å². The summed E-state index contributed by atoms with van der Waals surface area (Å²) in [6, 6.07) is 3.72. The summed E-state index contributed by atoms with van der Waals surface area (Å²) in [6.07, 6.45) is 1.68. The molecule has 0 fully saturated rings. The van der Waals surface area contributed by atoms with E-state index in [1.54, 1.807) is 19.4 Å². The molecular formula is C11H18ClIN4O. The second-order valence-corrected chi connectivity index (χ2v) is 4.08. The van der Waals surface area contributed by atoms with Crippen molar-refractivity contribution in [3.8, 4) is 0 Å². The van der Waals surface area contributed by atoms with Crippen molar-refractivity contribution in [2.24, 2.45) is 10.7 Å². The predicted molar refractivity (Wildman–Crippen MR) is 84.5 cm³/mol. The van der Waals surface area contributed by atoms with Gasteiger partial charge in [0.1, 0.15) is 5.15 Å². The Hall–Kier alpha value is -0.600. The highest BCUT2D eigenvalue weighted by molar-refractivity contribution is 14.0. The Labute approximate surface area is 129 Å². The van der Waals surface area contributed by atoms with Crippen LogP contribution in [0.1, 0.15) is 12.5 Å². The normalized spacial score (nSPS) is 12.7. The number of aromatic nitrogens is 1. The van der Waals surface area contributed by atoms with Gasteiger partial charge >= 0.3 is 0 Å². The third-order valence-corrected chi connectivity index (χ3v) is 2.26. The third-order valence-electron chi connectivity index (χ3n) is 2.03. The maximum Gasteiger partial charge on any atom is 0.189 e. The first-order valence-corrected chi connectivity index (χ1v) is 5.65. The smallest absolute Gasteiger partial charge is 0.189 e. The molecule has 1 unspecified atom stereocenters. The first-order chi connectivity index (χ1) is 8.11. The van der Waals surface area contributed by atoms with Crippen LogP contribution in [0.25, 0.3) is 0 Å². The maximum absolute atomic E-state index is 5.72. The Kier molecular flexibility index (Phi) is 9.03. The number of ether oxygens (including phenoxy) is 1. The molecular weight excluding hydrogens is 367 g/mol. The standard InChI is InChI=1S/C11H17ClN4O.HI/c1-8(7-17-2)16-11(13)15-6-9-3-4-10(12)14-5-9;/h3-5,8H,6-7H2,1-2H3,(H3,13,15,16);1H. The van der Waals surface area contributed by atoms with E-state index in [4.69, 9.17) is 22.1 Å². The first kappa shape index (κ1) is 17.4. The van der Waals surface area contributed by atoms with Gasteiger partial charge in [0.05, 0.1) is 13.2 Å². The number of pyridine rings is 1. The summed E-state index contributed by atoms with van der Waals surface area (Å²) >= 11 is 5.68. The zero-order valence-electron chi connectivity index (χ0n) is 10.4. The van der Waals surface area contributed by atoms with E-state index in [1.165, 1.54) is 0 Å². The van der Waals surface area contributed by atoms with Crippen LogP contribution in [0.5, 0.6) is 0 Å². The van der Waals surface area contributed by atoms with Crippen molar-refractivity contribution in [2.45, 2.75) is 19.5 Å². The molecule has 0 saturated carbocycles. The minimum absolute atomic E-state index is 0. The number of rotatable bonds is 5. The minimum atomic E-state index is 0. The monoisotopic (exact) mass is 384 g/mol. The number of hydrogen-bond acceptors (Lipinski definition) is 3. The zero-order chi connectivity index (χ0) is 12.7. The van der Waals surface area contributed by atoms with Crippen LogP contribution >= 0.6 is 35.6 Å². The summed E-state index contributed by atoms with van der Waals surface area (Å²) in [5, 5.41) is 3.49. The van der Waals surface area contributed by atoms with Crippen molar-refractivity contribution in [2.75, 3.05) is 13.7 Å². The largest absolute Gasteiger partial charge is 0.383 e. The summed E-state index contributed by atoms with van der Waals surface area (Å²) in [4.78, 5) is 8.15. The van der Waals surface area contributed by atoms with Crippen LogP contribution in [-0.4, -0.2) is 30.7 Å². The molecule has 0 spiro atoms. The van der Waals surface area contributed by atoms with Gasteiger partial charge in [-0.1, -0.05) is 17.7 Å². The van der Waals surface area contributed by atoms with Crippen molar-refractivity contribution in [1.82, 2.24) is 10.3 Å². The molecule has 1 atom stereocenters. The summed E-state index contributed by atoms with van der Waals surface area (Å²) in [6.45, 7) is 3.02. The molecule has 1 heterocycles. The fourth-order valence-corrected chi connectivity index (χ4v) is 1.38. The molecule has 0 aliphatic carbocycles. The molecule has 0 radical (unpaired) electrons. The molecule has 0 bridgehead atoms. The predicted octanol–water partition coefficient (Wildman–Crippen LogP) is 1.79. The lowest BCUT2D eigenvalue weighted by Gasteiger charge is -2.12. The van der Waals surface area contributed by atoms with Gasteiger partial charge in [0.15, 0.2) is 5.96 Å². The summed E-state index contributed by atoms with van der Waals surface area (Å²) in [5.41, 5.74) is 6.68. The fraction of sp³-hybridized carbons (Fsp3) is 0.455. The molecule has 1 rings (SSSR count). The average Bonchev–Trinajstić information content (AvgIpc) is 2.28. The number of nitrogens with zero attached hydrogens (tertiary/aromatic N) is 2. The number of nitrogens with two attached hydrogens (primary N) is 1. The lowest BCUT2D eigenvalue weighted by Crippen LogP contribution is -2.40. The molecule has 0 saturated heterocycles. The highest BCUT2D eigenvalue weighted by Crippen LogP contribution is 2.05. The van der Waals surface area contributed by atoms with Crippen LogP contribution in [0.2, 0.25) is 5.15 Å². The number of methoxy groups -OCH3 is 1. The Morgan fingerprint density at radius 3 is 2.89 bits per heavy atom. The average molecular weight is 385 g/mol.